The maximum absolute atomic E-state index is 12.7. The molecular formula is C23H27N3O4S. The number of amidine groups is 1. The number of aliphatic imine (C=N–C) groups is 1. The summed E-state index contributed by atoms with van der Waals surface area (Å²) in [4.78, 5) is 16.7. The van der Waals surface area contributed by atoms with E-state index in [1.54, 1.807) is 18.2 Å². The fraction of sp³-hybridized carbons (Fsp3) is 0.304. The van der Waals surface area contributed by atoms with Gasteiger partial charge in [-0.1, -0.05) is 30.7 Å². The summed E-state index contributed by atoms with van der Waals surface area (Å²) in [5, 5.41) is 2.70. The number of hydrogen-bond donors (Lipinski definition) is 2. The minimum absolute atomic E-state index is 0.0721. The normalized spacial score (nSPS) is 14.5. The van der Waals surface area contributed by atoms with E-state index in [1.165, 1.54) is 18.2 Å². The largest absolute Gasteiger partial charge is 0.493 e. The summed E-state index contributed by atoms with van der Waals surface area (Å²) in [6.07, 6.45) is 6.58. The quantitative estimate of drug-likeness (QED) is 0.635. The van der Waals surface area contributed by atoms with Crippen LogP contribution in [0.5, 0.6) is 5.75 Å². The molecular weight excluding hydrogens is 414 g/mol. The van der Waals surface area contributed by atoms with Crippen LogP contribution in [0.25, 0.3) is 6.08 Å². The molecule has 0 aromatic heterocycles. The molecule has 0 unspecified atom stereocenters. The van der Waals surface area contributed by atoms with Crippen molar-refractivity contribution in [1.29, 1.82) is 0 Å². The number of benzene rings is 2. The van der Waals surface area contributed by atoms with E-state index in [2.05, 4.69) is 15.0 Å². The predicted octanol–water partition coefficient (Wildman–Crippen LogP) is 3.99. The Morgan fingerprint density at radius 2 is 1.97 bits per heavy atom. The van der Waals surface area contributed by atoms with Crippen molar-refractivity contribution < 1.29 is 17.9 Å². The number of ether oxygens (including phenoxy) is 1. The van der Waals surface area contributed by atoms with Crippen LogP contribution in [0.1, 0.15) is 38.2 Å². The molecule has 0 radical (unpaired) electrons. The maximum atomic E-state index is 12.7. The minimum Gasteiger partial charge on any atom is -0.493 e. The van der Waals surface area contributed by atoms with Crippen LogP contribution in [0, 0.1) is 0 Å². The molecule has 1 aliphatic heterocycles. The monoisotopic (exact) mass is 441 g/mol. The van der Waals surface area contributed by atoms with Gasteiger partial charge in [-0.05, 0) is 50.1 Å². The second-order valence-electron chi connectivity index (χ2n) is 7.07. The molecule has 1 aliphatic rings. The topological polar surface area (TPSA) is 96.9 Å². The number of sulfonamides is 1. The van der Waals surface area contributed by atoms with E-state index in [0.717, 1.165) is 24.8 Å². The molecule has 164 valence electrons. The smallest absolute Gasteiger partial charge is 0.262 e. The third kappa shape index (κ3) is 6.68. The number of rotatable bonds is 7. The second kappa shape index (κ2) is 10.8. The zero-order valence-electron chi connectivity index (χ0n) is 17.5. The summed E-state index contributed by atoms with van der Waals surface area (Å²) in [6, 6.07) is 13.6. The van der Waals surface area contributed by atoms with Crippen LogP contribution < -0.4 is 14.8 Å². The van der Waals surface area contributed by atoms with Crippen molar-refractivity contribution in [3.63, 3.8) is 0 Å². The van der Waals surface area contributed by atoms with Crippen LogP contribution >= 0.6 is 0 Å². The molecule has 1 heterocycles. The first-order chi connectivity index (χ1) is 15.0. The molecule has 31 heavy (non-hydrogen) atoms. The number of hydrogen-bond acceptors (Lipinski definition) is 5. The Morgan fingerprint density at radius 1 is 1.13 bits per heavy atom. The molecule has 1 amide bonds. The number of carbonyl (C=O) groups excluding carboxylic acids is 1. The first kappa shape index (κ1) is 22.6. The number of anilines is 1. The van der Waals surface area contributed by atoms with Crippen LogP contribution in [-0.2, 0) is 14.8 Å². The fourth-order valence-electron chi connectivity index (χ4n) is 3.17. The summed E-state index contributed by atoms with van der Waals surface area (Å²) in [6.45, 7) is 3.05. The van der Waals surface area contributed by atoms with Gasteiger partial charge in [0.15, 0.2) is 0 Å². The van der Waals surface area contributed by atoms with Gasteiger partial charge in [0, 0.05) is 30.3 Å². The molecule has 2 aromatic rings. The van der Waals surface area contributed by atoms with Crippen LogP contribution in [0.2, 0.25) is 0 Å². The lowest BCUT2D eigenvalue weighted by atomic mass is 10.2. The SMILES string of the molecule is CCOc1ccccc1/C=C/C(=O)Nc1cccc(S(=O)(=O)NC2=NCCCCC2)c1. The molecule has 0 atom stereocenters. The highest BCUT2D eigenvalue weighted by Crippen LogP contribution is 2.20. The Morgan fingerprint density at radius 3 is 2.81 bits per heavy atom. The molecule has 0 spiro atoms. The lowest BCUT2D eigenvalue weighted by Crippen LogP contribution is -2.30. The average molecular weight is 442 g/mol. The van der Waals surface area contributed by atoms with Gasteiger partial charge in [-0.25, -0.2) is 8.42 Å². The van der Waals surface area contributed by atoms with Gasteiger partial charge in [0.05, 0.1) is 11.5 Å². The fourth-order valence-corrected chi connectivity index (χ4v) is 4.30. The molecule has 3 rings (SSSR count). The standard InChI is InChI=1S/C23H27N3O4S/c1-2-30-21-12-6-5-9-18(21)14-15-23(27)25-19-10-8-11-20(17-19)31(28,29)26-22-13-4-3-7-16-24-22/h5-6,8-12,14-15,17H,2-4,7,13,16H2,1H3,(H,24,26)(H,25,27)/b15-14+. The molecule has 0 aliphatic carbocycles. The maximum Gasteiger partial charge on any atom is 0.262 e. The summed E-state index contributed by atoms with van der Waals surface area (Å²) in [7, 11) is -3.77. The third-order valence-electron chi connectivity index (χ3n) is 4.67. The molecule has 2 aromatic carbocycles. The van der Waals surface area contributed by atoms with Crippen molar-refractivity contribution >= 4 is 33.5 Å². The number of para-hydroxylation sites is 1. The van der Waals surface area contributed by atoms with Crippen molar-refractivity contribution in [3.8, 4) is 5.75 Å². The highest BCUT2D eigenvalue weighted by atomic mass is 32.2. The third-order valence-corrected chi connectivity index (χ3v) is 6.05. The van der Waals surface area contributed by atoms with Gasteiger partial charge in [0.25, 0.3) is 10.0 Å². The molecule has 8 heteroatoms. The van der Waals surface area contributed by atoms with Crippen molar-refractivity contribution in [3.05, 3.63) is 60.2 Å². The first-order valence-corrected chi connectivity index (χ1v) is 11.8. The van der Waals surface area contributed by atoms with Gasteiger partial charge in [-0.15, -0.1) is 0 Å². The van der Waals surface area contributed by atoms with Gasteiger partial charge < -0.3 is 10.1 Å². The number of nitrogens with zero attached hydrogens (tertiary/aromatic N) is 1. The lowest BCUT2D eigenvalue weighted by Gasteiger charge is -2.11. The van der Waals surface area contributed by atoms with Gasteiger partial charge in [-0.2, -0.15) is 0 Å². The molecule has 0 saturated heterocycles. The van der Waals surface area contributed by atoms with E-state index >= 15 is 0 Å². The van der Waals surface area contributed by atoms with Gasteiger partial charge in [-0.3, -0.25) is 14.5 Å². The minimum atomic E-state index is -3.77. The molecule has 0 saturated carbocycles. The lowest BCUT2D eigenvalue weighted by molar-refractivity contribution is -0.111. The van der Waals surface area contributed by atoms with Gasteiger partial charge >= 0.3 is 0 Å². The van der Waals surface area contributed by atoms with Crippen LogP contribution in [0.15, 0.2) is 64.5 Å². The summed E-state index contributed by atoms with van der Waals surface area (Å²) in [5.74, 6) is 0.805. The summed E-state index contributed by atoms with van der Waals surface area (Å²) >= 11 is 0. The van der Waals surface area contributed by atoms with E-state index in [1.807, 2.05) is 31.2 Å². The van der Waals surface area contributed by atoms with Crippen molar-refractivity contribution in [1.82, 2.24) is 4.72 Å². The van der Waals surface area contributed by atoms with E-state index in [4.69, 9.17) is 4.74 Å². The van der Waals surface area contributed by atoms with Crippen molar-refractivity contribution in [2.45, 2.75) is 37.5 Å². The van der Waals surface area contributed by atoms with Crippen molar-refractivity contribution in [2.75, 3.05) is 18.5 Å². The summed E-state index contributed by atoms with van der Waals surface area (Å²) in [5.41, 5.74) is 1.17. The van der Waals surface area contributed by atoms with E-state index in [0.29, 0.717) is 36.8 Å². The first-order valence-electron chi connectivity index (χ1n) is 10.3. The van der Waals surface area contributed by atoms with Crippen LogP contribution in [-0.4, -0.2) is 33.3 Å². The molecule has 0 fully saturated rings. The molecule has 2 N–H and O–H groups in total. The van der Waals surface area contributed by atoms with Crippen LogP contribution in [0.4, 0.5) is 5.69 Å². The average Bonchev–Trinajstić information content (AvgIpc) is 3.02. The molecule has 0 bridgehead atoms. The predicted molar refractivity (Wildman–Crippen MR) is 123 cm³/mol. The highest BCUT2D eigenvalue weighted by Gasteiger charge is 2.17. The number of amides is 1. The number of carbonyl (C=O) groups is 1. The van der Waals surface area contributed by atoms with E-state index in [9.17, 15) is 13.2 Å². The Bertz CT molecular complexity index is 1080. The van der Waals surface area contributed by atoms with E-state index < -0.39 is 10.0 Å². The van der Waals surface area contributed by atoms with Crippen molar-refractivity contribution in [2.24, 2.45) is 4.99 Å². The Hall–Kier alpha value is -3.13. The summed E-state index contributed by atoms with van der Waals surface area (Å²) < 4.78 is 33.6. The zero-order chi connectivity index (χ0) is 22.1. The van der Waals surface area contributed by atoms with E-state index in [-0.39, 0.29) is 10.8 Å². The Kier molecular flexibility index (Phi) is 7.83. The van der Waals surface area contributed by atoms with Gasteiger partial charge in [0.2, 0.25) is 5.91 Å². The highest BCUT2D eigenvalue weighted by molar-refractivity contribution is 7.90. The van der Waals surface area contributed by atoms with Gasteiger partial charge in [0.1, 0.15) is 11.6 Å². The zero-order valence-corrected chi connectivity index (χ0v) is 18.3. The number of nitrogens with one attached hydrogen (secondary N) is 2. The Balaban J connectivity index is 1.68. The second-order valence-corrected chi connectivity index (χ2v) is 8.75. The Labute approximate surface area is 183 Å². The molecule has 7 nitrogen and oxygen atoms in total. The van der Waals surface area contributed by atoms with Crippen LogP contribution in [0.3, 0.4) is 0 Å².